The Morgan fingerprint density at radius 3 is 2.79 bits per heavy atom. The van der Waals surface area contributed by atoms with Crippen molar-refractivity contribution in [2.24, 2.45) is 5.92 Å². The van der Waals surface area contributed by atoms with E-state index in [1.165, 1.54) is 11.8 Å². The monoisotopic (exact) mass is 407 g/mol. The lowest BCUT2D eigenvalue weighted by Crippen LogP contribution is -2.25. The summed E-state index contributed by atoms with van der Waals surface area (Å²) in [4.78, 5) is 25.3. The van der Waals surface area contributed by atoms with Crippen molar-refractivity contribution in [2.75, 3.05) is 17.2 Å². The molecule has 0 aliphatic carbocycles. The maximum absolute atomic E-state index is 12.4. The molecule has 1 aromatic heterocycles. The summed E-state index contributed by atoms with van der Waals surface area (Å²) in [5, 5.41) is 7.46. The molecule has 2 heterocycles. The second kappa shape index (κ2) is 7.11. The van der Waals surface area contributed by atoms with E-state index in [1.54, 1.807) is 11.8 Å². The molecule has 1 atom stereocenters. The van der Waals surface area contributed by atoms with Gasteiger partial charge in [0, 0.05) is 41.4 Å². The summed E-state index contributed by atoms with van der Waals surface area (Å²) in [6.07, 6.45) is 0.464. The van der Waals surface area contributed by atoms with Crippen LogP contribution in [0.1, 0.15) is 19.0 Å². The fourth-order valence-electron chi connectivity index (χ4n) is 2.91. The third kappa shape index (κ3) is 3.57. The summed E-state index contributed by atoms with van der Waals surface area (Å²) in [6.45, 7) is 4.12. The summed E-state index contributed by atoms with van der Waals surface area (Å²) in [6, 6.07) is 7.97. The Kier molecular flexibility index (Phi) is 5.10. The van der Waals surface area contributed by atoms with Crippen molar-refractivity contribution >= 4 is 44.5 Å². The highest BCUT2D eigenvalue weighted by Gasteiger charge is 2.34. The Hall–Kier alpha value is -1.60. The zero-order chi connectivity index (χ0) is 17.3. The van der Waals surface area contributed by atoms with Gasteiger partial charge in [-0.1, -0.05) is 39.8 Å². The highest BCUT2D eigenvalue weighted by molar-refractivity contribution is 9.10. The number of thioether (sulfide) groups is 1. The number of H-pyrrole nitrogens is 1. The number of rotatable bonds is 4. The fraction of sp³-hybridized carbons (Fsp3) is 0.353. The number of carbonyl (C=O) groups excluding carboxylic acids is 2. The Morgan fingerprint density at radius 1 is 1.42 bits per heavy atom. The van der Waals surface area contributed by atoms with Crippen molar-refractivity contribution in [3.8, 4) is 11.1 Å². The zero-order valence-electron chi connectivity index (χ0n) is 13.5. The van der Waals surface area contributed by atoms with Gasteiger partial charge in [0.1, 0.15) is 0 Å². The van der Waals surface area contributed by atoms with Gasteiger partial charge in [-0.05, 0) is 30.5 Å². The average molecular weight is 408 g/mol. The molecule has 1 aromatic carbocycles. The largest absolute Gasteiger partial charge is 0.294 e. The van der Waals surface area contributed by atoms with E-state index < -0.39 is 0 Å². The number of hydrogen-bond donors (Lipinski definition) is 1. The van der Waals surface area contributed by atoms with Gasteiger partial charge < -0.3 is 0 Å². The van der Waals surface area contributed by atoms with Crippen LogP contribution < -0.4 is 4.90 Å². The first-order valence-corrected chi connectivity index (χ1v) is 9.48. The molecule has 1 aliphatic heterocycles. The van der Waals surface area contributed by atoms with Gasteiger partial charge in [-0.2, -0.15) is 5.10 Å². The number of carbonyl (C=O) groups is 2. The summed E-state index contributed by atoms with van der Waals surface area (Å²) in [5.74, 6) is 1.60. The number of benzene rings is 1. The first-order valence-electron chi connectivity index (χ1n) is 7.70. The molecule has 1 N–H and O–H groups in total. The second-order valence-electron chi connectivity index (χ2n) is 5.93. The average Bonchev–Trinajstić information content (AvgIpc) is 3.09. The number of halogens is 1. The fourth-order valence-corrected chi connectivity index (χ4v) is 3.86. The Labute approximate surface area is 153 Å². The van der Waals surface area contributed by atoms with Crippen LogP contribution in [0.2, 0.25) is 0 Å². The van der Waals surface area contributed by atoms with Crippen LogP contribution in [0.5, 0.6) is 0 Å². The number of aryl methyl sites for hydroxylation is 1. The molecule has 24 heavy (non-hydrogen) atoms. The maximum atomic E-state index is 12.4. The Balaban J connectivity index is 1.86. The van der Waals surface area contributed by atoms with Gasteiger partial charge >= 0.3 is 0 Å². The van der Waals surface area contributed by atoms with Crippen molar-refractivity contribution in [1.29, 1.82) is 0 Å². The van der Waals surface area contributed by atoms with Crippen molar-refractivity contribution in [1.82, 2.24) is 10.2 Å². The van der Waals surface area contributed by atoms with E-state index >= 15 is 0 Å². The second-order valence-corrected chi connectivity index (χ2v) is 8.04. The summed E-state index contributed by atoms with van der Waals surface area (Å²) in [7, 11) is 0. The summed E-state index contributed by atoms with van der Waals surface area (Å²) >= 11 is 4.72. The Morgan fingerprint density at radius 2 is 2.12 bits per heavy atom. The predicted octanol–water partition coefficient (Wildman–Crippen LogP) is 3.78. The number of nitrogens with one attached hydrogen (secondary N) is 1. The van der Waals surface area contributed by atoms with Crippen LogP contribution in [0.15, 0.2) is 28.7 Å². The van der Waals surface area contributed by atoms with E-state index in [2.05, 4.69) is 26.1 Å². The normalized spacial score (nSPS) is 17.5. The number of nitrogens with zero attached hydrogens (tertiary/aromatic N) is 2. The summed E-state index contributed by atoms with van der Waals surface area (Å²) in [5.41, 5.74) is 2.91. The van der Waals surface area contributed by atoms with Gasteiger partial charge in [0.15, 0.2) is 10.9 Å². The number of aromatic amines is 1. The molecule has 126 valence electrons. The molecule has 1 unspecified atom stereocenters. The van der Waals surface area contributed by atoms with Crippen LogP contribution in [0, 0.1) is 12.8 Å². The number of anilines is 1. The molecule has 0 spiro atoms. The molecule has 1 fully saturated rings. The molecule has 0 bridgehead atoms. The van der Waals surface area contributed by atoms with Crippen LogP contribution in [0.3, 0.4) is 0 Å². The van der Waals surface area contributed by atoms with E-state index in [0.717, 1.165) is 21.3 Å². The number of aromatic nitrogens is 2. The molecule has 0 saturated carbocycles. The smallest absolute Gasteiger partial charge is 0.228 e. The summed E-state index contributed by atoms with van der Waals surface area (Å²) < 4.78 is 1.01. The minimum Gasteiger partial charge on any atom is -0.294 e. The number of hydrogen-bond acceptors (Lipinski definition) is 4. The minimum absolute atomic E-state index is 0.0639. The van der Waals surface area contributed by atoms with Gasteiger partial charge in [0.05, 0.1) is 0 Å². The molecule has 3 rings (SSSR count). The van der Waals surface area contributed by atoms with Crippen LogP contribution >= 0.6 is 27.7 Å². The molecule has 1 amide bonds. The zero-order valence-corrected chi connectivity index (χ0v) is 15.9. The molecule has 1 saturated heterocycles. The maximum Gasteiger partial charge on any atom is 0.228 e. The lowest BCUT2D eigenvalue weighted by molar-refractivity contribution is -0.117. The van der Waals surface area contributed by atoms with Crippen molar-refractivity contribution in [3.05, 3.63) is 34.4 Å². The standard InChI is InChI=1S/C17H18BrN3O2S/c1-10-16(13-3-5-14(18)6-4-13)17(20-19-10)21-8-12(7-15(21)23)9-24-11(2)22/h3-6,12H,7-9H2,1-2H3,(H,19,20). The molecule has 2 aromatic rings. The molecule has 7 heteroatoms. The van der Waals surface area contributed by atoms with E-state index in [1.807, 2.05) is 31.2 Å². The third-order valence-corrected chi connectivity index (χ3v) is 5.62. The highest BCUT2D eigenvalue weighted by Crippen LogP contribution is 2.36. The first-order chi connectivity index (χ1) is 11.5. The molecule has 5 nitrogen and oxygen atoms in total. The van der Waals surface area contributed by atoms with Crippen LogP contribution in [-0.4, -0.2) is 33.5 Å². The van der Waals surface area contributed by atoms with Gasteiger partial charge in [-0.25, -0.2) is 0 Å². The Bertz CT molecular complexity index is 773. The van der Waals surface area contributed by atoms with Gasteiger partial charge in [-0.15, -0.1) is 0 Å². The van der Waals surface area contributed by atoms with E-state index in [9.17, 15) is 9.59 Å². The first kappa shape index (κ1) is 17.2. The van der Waals surface area contributed by atoms with Crippen molar-refractivity contribution < 1.29 is 9.59 Å². The van der Waals surface area contributed by atoms with Gasteiger partial charge in [0.2, 0.25) is 5.91 Å². The van der Waals surface area contributed by atoms with Crippen molar-refractivity contribution in [3.63, 3.8) is 0 Å². The lowest BCUT2D eigenvalue weighted by Gasteiger charge is -2.16. The quantitative estimate of drug-likeness (QED) is 0.836. The van der Waals surface area contributed by atoms with E-state index in [0.29, 0.717) is 24.5 Å². The molecule has 0 radical (unpaired) electrons. The van der Waals surface area contributed by atoms with Crippen molar-refractivity contribution in [2.45, 2.75) is 20.3 Å². The topological polar surface area (TPSA) is 66.1 Å². The van der Waals surface area contributed by atoms with Crippen LogP contribution in [0.4, 0.5) is 5.82 Å². The molecular formula is C17H18BrN3O2S. The third-order valence-electron chi connectivity index (χ3n) is 4.04. The molecular weight excluding hydrogens is 390 g/mol. The number of amides is 1. The van der Waals surface area contributed by atoms with Crippen LogP contribution in [-0.2, 0) is 9.59 Å². The predicted molar refractivity (Wildman–Crippen MR) is 100 cm³/mol. The SMILES string of the molecule is CC(=O)SCC1CC(=O)N(c2n[nH]c(C)c2-c2ccc(Br)cc2)C1. The van der Waals surface area contributed by atoms with E-state index in [4.69, 9.17) is 0 Å². The molecule has 1 aliphatic rings. The van der Waals surface area contributed by atoms with E-state index in [-0.39, 0.29) is 16.9 Å². The highest BCUT2D eigenvalue weighted by atomic mass is 79.9. The lowest BCUT2D eigenvalue weighted by atomic mass is 10.1. The van der Waals surface area contributed by atoms with Crippen LogP contribution in [0.25, 0.3) is 11.1 Å². The van der Waals surface area contributed by atoms with Gasteiger partial charge in [0.25, 0.3) is 0 Å². The van der Waals surface area contributed by atoms with Gasteiger partial charge in [-0.3, -0.25) is 19.6 Å². The minimum atomic E-state index is 0.0639.